The molecular formula is C12H9FN2O4. The van der Waals surface area contributed by atoms with Gasteiger partial charge in [0, 0.05) is 6.20 Å². The van der Waals surface area contributed by atoms with Crippen LogP contribution in [0.1, 0.15) is 15.9 Å². The van der Waals surface area contributed by atoms with Crippen LogP contribution in [0.5, 0.6) is 0 Å². The summed E-state index contributed by atoms with van der Waals surface area (Å²) in [5.41, 5.74) is -1.69. The number of halogens is 1. The van der Waals surface area contributed by atoms with Crippen LogP contribution in [0.4, 0.5) is 4.39 Å². The van der Waals surface area contributed by atoms with E-state index in [1.165, 1.54) is 12.1 Å². The third kappa shape index (κ3) is 2.30. The van der Waals surface area contributed by atoms with Gasteiger partial charge in [-0.25, -0.2) is 14.0 Å². The molecule has 0 aliphatic heterocycles. The van der Waals surface area contributed by atoms with E-state index in [1.807, 2.05) is 4.98 Å². The van der Waals surface area contributed by atoms with Crippen molar-refractivity contribution >= 4 is 5.97 Å². The fraction of sp³-hybridized carbons (Fsp3) is 0.0833. The molecule has 0 amide bonds. The topological polar surface area (TPSA) is 92.2 Å². The van der Waals surface area contributed by atoms with Crippen molar-refractivity contribution in [3.05, 3.63) is 62.2 Å². The smallest absolute Gasteiger partial charge is 0.342 e. The zero-order valence-electron chi connectivity index (χ0n) is 9.81. The van der Waals surface area contributed by atoms with Crippen LogP contribution in [0.3, 0.4) is 0 Å². The predicted molar refractivity (Wildman–Crippen MR) is 64.3 cm³/mol. The largest absolute Gasteiger partial charge is 0.477 e. The van der Waals surface area contributed by atoms with Crippen molar-refractivity contribution < 1.29 is 14.3 Å². The van der Waals surface area contributed by atoms with Crippen LogP contribution in [0.2, 0.25) is 0 Å². The Hall–Kier alpha value is -2.70. The molecule has 0 aliphatic rings. The number of nitrogens with one attached hydrogen (secondary N) is 1. The van der Waals surface area contributed by atoms with Crippen LogP contribution in [0.25, 0.3) is 5.69 Å². The molecule has 1 heterocycles. The number of nitrogens with zero attached hydrogens (tertiary/aromatic N) is 1. The number of carboxylic acid groups (broad SMARTS) is 1. The number of aromatic carboxylic acids is 1. The van der Waals surface area contributed by atoms with E-state index in [0.717, 1.165) is 16.8 Å². The van der Waals surface area contributed by atoms with Crippen LogP contribution in [-0.2, 0) is 0 Å². The second kappa shape index (κ2) is 4.52. The molecule has 0 atom stereocenters. The fourth-order valence-electron chi connectivity index (χ4n) is 1.64. The molecule has 0 radical (unpaired) electrons. The molecule has 1 aromatic heterocycles. The predicted octanol–water partition coefficient (Wildman–Crippen LogP) is 0.672. The SMILES string of the molecule is Cc1ccc(F)cc1-n1cc(C(=O)O)c(=O)[nH]c1=O. The van der Waals surface area contributed by atoms with E-state index >= 15 is 0 Å². The molecule has 7 heteroatoms. The Morgan fingerprint density at radius 1 is 1.37 bits per heavy atom. The fourth-order valence-corrected chi connectivity index (χ4v) is 1.64. The van der Waals surface area contributed by atoms with Crippen LogP contribution in [-0.4, -0.2) is 20.6 Å². The normalized spacial score (nSPS) is 10.4. The van der Waals surface area contributed by atoms with Crippen molar-refractivity contribution in [1.29, 1.82) is 0 Å². The molecule has 2 rings (SSSR count). The number of hydrogen-bond donors (Lipinski definition) is 2. The number of carboxylic acids is 1. The summed E-state index contributed by atoms with van der Waals surface area (Å²) in [6, 6.07) is 3.75. The number of aromatic nitrogens is 2. The number of rotatable bonds is 2. The first-order valence-corrected chi connectivity index (χ1v) is 5.26. The monoisotopic (exact) mass is 264 g/mol. The van der Waals surface area contributed by atoms with E-state index in [4.69, 9.17) is 5.11 Å². The zero-order chi connectivity index (χ0) is 14.2. The molecule has 0 bridgehead atoms. The van der Waals surface area contributed by atoms with Gasteiger partial charge in [-0.1, -0.05) is 6.07 Å². The first-order chi connectivity index (χ1) is 8.90. The molecule has 0 saturated heterocycles. The maximum absolute atomic E-state index is 13.2. The molecule has 98 valence electrons. The standard InChI is InChI=1S/C12H9FN2O4/c1-6-2-3-7(13)4-9(6)15-5-8(11(17)18)10(16)14-12(15)19/h2-5H,1H3,(H,17,18)(H,14,16,19). The van der Waals surface area contributed by atoms with Gasteiger partial charge in [-0.3, -0.25) is 14.3 Å². The Bertz CT molecular complexity index is 776. The Balaban J connectivity index is 2.79. The Morgan fingerprint density at radius 2 is 2.05 bits per heavy atom. The molecule has 0 aliphatic carbocycles. The Labute approximate surface area is 105 Å². The van der Waals surface area contributed by atoms with Crippen LogP contribution in [0.15, 0.2) is 34.0 Å². The van der Waals surface area contributed by atoms with Crippen molar-refractivity contribution in [2.24, 2.45) is 0 Å². The molecule has 0 spiro atoms. The van der Waals surface area contributed by atoms with Crippen molar-refractivity contribution in [2.75, 3.05) is 0 Å². The molecule has 0 saturated carbocycles. The van der Waals surface area contributed by atoms with Gasteiger partial charge >= 0.3 is 11.7 Å². The van der Waals surface area contributed by atoms with Gasteiger partial charge in [0.25, 0.3) is 5.56 Å². The van der Waals surface area contributed by atoms with E-state index in [0.29, 0.717) is 5.56 Å². The number of aryl methyl sites for hydroxylation is 1. The van der Waals surface area contributed by atoms with Gasteiger partial charge in [-0.15, -0.1) is 0 Å². The summed E-state index contributed by atoms with van der Waals surface area (Å²) < 4.78 is 14.1. The van der Waals surface area contributed by atoms with Gasteiger partial charge in [0.2, 0.25) is 0 Å². The lowest BCUT2D eigenvalue weighted by Crippen LogP contribution is -2.32. The number of hydrogen-bond acceptors (Lipinski definition) is 3. The Morgan fingerprint density at radius 3 is 2.68 bits per heavy atom. The quantitative estimate of drug-likeness (QED) is 0.833. The van der Waals surface area contributed by atoms with Crippen LogP contribution < -0.4 is 11.2 Å². The number of aromatic amines is 1. The summed E-state index contributed by atoms with van der Waals surface area (Å²) in [4.78, 5) is 35.7. The van der Waals surface area contributed by atoms with E-state index in [-0.39, 0.29) is 5.69 Å². The number of benzene rings is 1. The lowest BCUT2D eigenvalue weighted by molar-refractivity contribution is 0.0694. The summed E-state index contributed by atoms with van der Waals surface area (Å²) in [6.45, 7) is 1.63. The molecule has 0 fully saturated rings. The molecule has 2 N–H and O–H groups in total. The van der Waals surface area contributed by atoms with E-state index < -0.39 is 28.6 Å². The summed E-state index contributed by atoms with van der Waals surface area (Å²) in [5, 5.41) is 8.84. The lowest BCUT2D eigenvalue weighted by Gasteiger charge is -2.09. The van der Waals surface area contributed by atoms with Crippen molar-refractivity contribution in [2.45, 2.75) is 6.92 Å². The van der Waals surface area contributed by atoms with Crippen molar-refractivity contribution in [3.63, 3.8) is 0 Å². The highest BCUT2D eigenvalue weighted by atomic mass is 19.1. The molecule has 19 heavy (non-hydrogen) atoms. The van der Waals surface area contributed by atoms with Crippen LogP contribution in [0, 0.1) is 12.7 Å². The molecule has 6 nitrogen and oxygen atoms in total. The van der Waals surface area contributed by atoms with Gasteiger partial charge in [0.15, 0.2) is 0 Å². The van der Waals surface area contributed by atoms with Crippen LogP contribution >= 0.6 is 0 Å². The second-order valence-corrected chi connectivity index (χ2v) is 3.91. The average Bonchev–Trinajstić information content (AvgIpc) is 2.32. The number of carbonyl (C=O) groups is 1. The highest BCUT2D eigenvalue weighted by molar-refractivity contribution is 5.86. The third-order valence-electron chi connectivity index (χ3n) is 2.60. The maximum Gasteiger partial charge on any atom is 0.342 e. The van der Waals surface area contributed by atoms with Gasteiger partial charge in [-0.05, 0) is 24.6 Å². The highest BCUT2D eigenvalue weighted by Crippen LogP contribution is 2.13. The number of H-pyrrole nitrogens is 1. The first kappa shape index (κ1) is 12.7. The summed E-state index contributed by atoms with van der Waals surface area (Å²) in [7, 11) is 0. The zero-order valence-corrected chi connectivity index (χ0v) is 9.81. The third-order valence-corrected chi connectivity index (χ3v) is 2.60. The minimum atomic E-state index is -1.47. The molecule has 0 unspecified atom stereocenters. The van der Waals surface area contributed by atoms with Gasteiger partial charge in [0.1, 0.15) is 11.4 Å². The average molecular weight is 264 g/mol. The second-order valence-electron chi connectivity index (χ2n) is 3.91. The van der Waals surface area contributed by atoms with E-state index in [2.05, 4.69) is 0 Å². The van der Waals surface area contributed by atoms with Gasteiger partial charge in [-0.2, -0.15) is 0 Å². The van der Waals surface area contributed by atoms with Gasteiger partial charge < -0.3 is 5.11 Å². The summed E-state index contributed by atoms with van der Waals surface area (Å²) in [6.07, 6.45) is 0.880. The lowest BCUT2D eigenvalue weighted by atomic mass is 10.2. The van der Waals surface area contributed by atoms with Crippen molar-refractivity contribution in [3.8, 4) is 5.69 Å². The van der Waals surface area contributed by atoms with E-state index in [1.54, 1.807) is 6.92 Å². The summed E-state index contributed by atoms with van der Waals surface area (Å²) >= 11 is 0. The van der Waals surface area contributed by atoms with E-state index in [9.17, 15) is 18.8 Å². The first-order valence-electron chi connectivity index (χ1n) is 5.26. The maximum atomic E-state index is 13.2. The molecule has 1 aromatic carbocycles. The Kier molecular flexibility index (Phi) is 3.04. The minimum Gasteiger partial charge on any atom is -0.477 e. The minimum absolute atomic E-state index is 0.170. The van der Waals surface area contributed by atoms with Gasteiger partial charge in [0.05, 0.1) is 5.69 Å². The van der Waals surface area contributed by atoms with Crippen molar-refractivity contribution in [1.82, 2.24) is 9.55 Å². The summed E-state index contributed by atoms with van der Waals surface area (Å²) in [5.74, 6) is -2.04. The molecule has 2 aromatic rings. The molecular weight excluding hydrogens is 255 g/mol. The highest BCUT2D eigenvalue weighted by Gasteiger charge is 2.13.